The predicted molar refractivity (Wildman–Crippen MR) is 77.1 cm³/mol. The van der Waals surface area contributed by atoms with Gasteiger partial charge in [-0.3, -0.25) is 0 Å². The zero-order valence-electron chi connectivity index (χ0n) is 11.8. The number of nitrogens with two attached hydrogens (primary N) is 1. The van der Waals surface area contributed by atoms with Crippen LogP contribution in [-0.4, -0.2) is 13.6 Å². The SMILES string of the molecule is Cc1cc(S(=O)(=O)Nc2onc(C)c2C)cc(N)c1C. The van der Waals surface area contributed by atoms with Crippen LogP contribution in [0.4, 0.5) is 11.6 Å². The highest BCUT2D eigenvalue weighted by molar-refractivity contribution is 7.92. The van der Waals surface area contributed by atoms with Gasteiger partial charge in [-0.1, -0.05) is 5.16 Å². The van der Waals surface area contributed by atoms with Crippen molar-refractivity contribution in [3.8, 4) is 0 Å². The van der Waals surface area contributed by atoms with Gasteiger partial charge in [-0.15, -0.1) is 0 Å². The van der Waals surface area contributed by atoms with E-state index in [-0.39, 0.29) is 10.8 Å². The Hall–Kier alpha value is -2.02. The minimum Gasteiger partial charge on any atom is -0.398 e. The molecule has 0 atom stereocenters. The molecule has 0 unspecified atom stereocenters. The number of aromatic nitrogens is 1. The molecular formula is C13H17N3O3S. The summed E-state index contributed by atoms with van der Waals surface area (Å²) in [6.07, 6.45) is 0. The molecule has 108 valence electrons. The Balaban J connectivity index is 2.43. The Morgan fingerprint density at radius 2 is 1.80 bits per heavy atom. The van der Waals surface area contributed by atoms with Gasteiger partial charge in [-0.05, 0) is 51.0 Å². The van der Waals surface area contributed by atoms with Crippen molar-refractivity contribution < 1.29 is 12.9 Å². The van der Waals surface area contributed by atoms with Crippen LogP contribution in [0.3, 0.4) is 0 Å². The average molecular weight is 295 g/mol. The van der Waals surface area contributed by atoms with Crippen molar-refractivity contribution in [1.29, 1.82) is 0 Å². The lowest BCUT2D eigenvalue weighted by Crippen LogP contribution is -2.14. The summed E-state index contributed by atoms with van der Waals surface area (Å²) < 4.78 is 32.0. The molecule has 6 nitrogen and oxygen atoms in total. The molecule has 3 N–H and O–H groups in total. The van der Waals surface area contributed by atoms with Crippen LogP contribution in [0.2, 0.25) is 0 Å². The molecule has 0 saturated carbocycles. The Morgan fingerprint density at radius 1 is 1.15 bits per heavy atom. The van der Waals surface area contributed by atoms with Crippen molar-refractivity contribution in [3.63, 3.8) is 0 Å². The summed E-state index contributed by atoms with van der Waals surface area (Å²) in [5.41, 5.74) is 9.24. The van der Waals surface area contributed by atoms with Gasteiger partial charge < -0.3 is 10.3 Å². The van der Waals surface area contributed by atoms with Gasteiger partial charge in [0, 0.05) is 11.3 Å². The van der Waals surface area contributed by atoms with Crippen molar-refractivity contribution in [1.82, 2.24) is 5.16 Å². The van der Waals surface area contributed by atoms with Gasteiger partial charge in [0.25, 0.3) is 10.0 Å². The molecule has 0 aliphatic carbocycles. The van der Waals surface area contributed by atoms with E-state index >= 15 is 0 Å². The molecule has 1 aromatic heterocycles. The summed E-state index contributed by atoms with van der Waals surface area (Å²) >= 11 is 0. The second-order valence-electron chi connectivity index (χ2n) is 4.78. The number of benzene rings is 1. The zero-order valence-corrected chi connectivity index (χ0v) is 12.6. The highest BCUT2D eigenvalue weighted by atomic mass is 32.2. The lowest BCUT2D eigenvalue weighted by molar-refractivity contribution is 0.430. The molecule has 7 heteroatoms. The summed E-state index contributed by atoms with van der Waals surface area (Å²) in [7, 11) is -3.75. The van der Waals surface area contributed by atoms with Gasteiger partial charge in [0.15, 0.2) is 0 Å². The number of hydrogen-bond acceptors (Lipinski definition) is 5. The molecule has 0 bridgehead atoms. The molecule has 0 aliphatic rings. The molecule has 2 aromatic rings. The quantitative estimate of drug-likeness (QED) is 0.846. The molecule has 0 amide bonds. The minimum atomic E-state index is -3.75. The number of nitrogens with zero attached hydrogens (tertiary/aromatic N) is 1. The average Bonchev–Trinajstić information content (AvgIpc) is 2.67. The lowest BCUT2D eigenvalue weighted by atomic mass is 10.1. The van der Waals surface area contributed by atoms with Crippen LogP contribution >= 0.6 is 0 Å². The number of nitrogen functional groups attached to an aromatic ring is 1. The maximum atomic E-state index is 12.3. The Labute approximate surface area is 118 Å². The fraction of sp³-hybridized carbons (Fsp3) is 0.308. The van der Waals surface area contributed by atoms with E-state index in [1.165, 1.54) is 6.07 Å². The van der Waals surface area contributed by atoms with Gasteiger partial charge in [0.2, 0.25) is 5.88 Å². The fourth-order valence-electron chi connectivity index (χ4n) is 1.70. The van der Waals surface area contributed by atoms with Crippen molar-refractivity contribution in [2.75, 3.05) is 10.5 Å². The van der Waals surface area contributed by atoms with E-state index in [0.717, 1.165) is 11.1 Å². The number of rotatable bonds is 3. The summed E-state index contributed by atoms with van der Waals surface area (Å²) in [6, 6.07) is 3.01. The first-order valence-electron chi connectivity index (χ1n) is 6.05. The van der Waals surface area contributed by atoms with Crippen molar-refractivity contribution in [2.24, 2.45) is 0 Å². The number of hydrogen-bond donors (Lipinski definition) is 2. The molecule has 0 fully saturated rings. The van der Waals surface area contributed by atoms with E-state index in [9.17, 15) is 8.42 Å². The molecule has 1 aromatic carbocycles. The first-order valence-corrected chi connectivity index (χ1v) is 7.53. The van der Waals surface area contributed by atoms with Crippen molar-refractivity contribution in [3.05, 3.63) is 34.5 Å². The monoisotopic (exact) mass is 295 g/mol. The van der Waals surface area contributed by atoms with Gasteiger partial charge in [-0.2, -0.15) is 0 Å². The van der Waals surface area contributed by atoms with E-state index < -0.39 is 10.0 Å². The van der Waals surface area contributed by atoms with Gasteiger partial charge in [0.1, 0.15) is 0 Å². The van der Waals surface area contributed by atoms with Crippen LogP contribution in [0.5, 0.6) is 0 Å². The normalized spacial score (nSPS) is 11.6. The zero-order chi connectivity index (χ0) is 15.1. The molecule has 0 spiro atoms. The predicted octanol–water partition coefficient (Wildman–Crippen LogP) is 2.29. The number of anilines is 2. The van der Waals surface area contributed by atoms with Crippen LogP contribution in [0, 0.1) is 27.7 Å². The summed E-state index contributed by atoms with van der Waals surface area (Å²) in [5, 5.41) is 3.72. The summed E-state index contributed by atoms with van der Waals surface area (Å²) in [6.45, 7) is 7.14. The first-order chi connectivity index (χ1) is 9.22. The largest absolute Gasteiger partial charge is 0.398 e. The number of aryl methyl sites for hydroxylation is 2. The standard InChI is InChI=1S/C13H17N3O3S/c1-7-5-11(6-12(14)8(7)2)20(17,18)16-13-9(3)10(4)15-19-13/h5-6,16H,14H2,1-4H3. The third-order valence-corrected chi connectivity index (χ3v) is 4.69. The van der Waals surface area contributed by atoms with Gasteiger partial charge >= 0.3 is 0 Å². The fourth-order valence-corrected chi connectivity index (χ4v) is 2.87. The molecule has 0 radical (unpaired) electrons. The highest BCUT2D eigenvalue weighted by Crippen LogP contribution is 2.25. The van der Waals surface area contributed by atoms with Gasteiger partial charge in [-0.25, -0.2) is 13.1 Å². The van der Waals surface area contributed by atoms with Crippen LogP contribution in [0.25, 0.3) is 0 Å². The van der Waals surface area contributed by atoms with Crippen LogP contribution in [0.1, 0.15) is 22.4 Å². The van der Waals surface area contributed by atoms with E-state index in [1.807, 2.05) is 13.8 Å². The van der Waals surface area contributed by atoms with E-state index in [0.29, 0.717) is 16.9 Å². The third-order valence-electron chi connectivity index (χ3n) is 3.38. The summed E-state index contributed by atoms with van der Waals surface area (Å²) in [5.74, 6) is 0.124. The van der Waals surface area contributed by atoms with Crippen molar-refractivity contribution in [2.45, 2.75) is 32.6 Å². The van der Waals surface area contributed by atoms with E-state index in [4.69, 9.17) is 10.3 Å². The third kappa shape index (κ3) is 2.49. The Morgan fingerprint density at radius 3 is 2.30 bits per heavy atom. The molecule has 0 aliphatic heterocycles. The van der Waals surface area contributed by atoms with Crippen LogP contribution < -0.4 is 10.5 Å². The number of nitrogens with one attached hydrogen (secondary N) is 1. The van der Waals surface area contributed by atoms with Crippen LogP contribution in [0.15, 0.2) is 21.6 Å². The molecule has 20 heavy (non-hydrogen) atoms. The summed E-state index contributed by atoms with van der Waals surface area (Å²) in [4.78, 5) is 0.103. The Bertz CT molecular complexity index is 740. The molecule has 2 rings (SSSR count). The maximum absolute atomic E-state index is 12.3. The smallest absolute Gasteiger partial charge is 0.264 e. The lowest BCUT2D eigenvalue weighted by Gasteiger charge is -2.10. The van der Waals surface area contributed by atoms with E-state index in [2.05, 4.69) is 9.88 Å². The maximum Gasteiger partial charge on any atom is 0.264 e. The topological polar surface area (TPSA) is 98.2 Å². The number of sulfonamides is 1. The van der Waals surface area contributed by atoms with Crippen LogP contribution in [-0.2, 0) is 10.0 Å². The Kier molecular flexibility index (Phi) is 3.47. The van der Waals surface area contributed by atoms with E-state index in [1.54, 1.807) is 19.9 Å². The molecular weight excluding hydrogens is 278 g/mol. The van der Waals surface area contributed by atoms with Crippen molar-refractivity contribution >= 4 is 21.6 Å². The minimum absolute atomic E-state index is 0.103. The second kappa shape index (κ2) is 4.82. The molecule has 1 heterocycles. The second-order valence-corrected chi connectivity index (χ2v) is 6.46. The van der Waals surface area contributed by atoms with Gasteiger partial charge in [0.05, 0.1) is 10.6 Å². The first kappa shape index (κ1) is 14.4. The molecule has 0 saturated heterocycles. The highest BCUT2D eigenvalue weighted by Gasteiger charge is 2.20.